The number of aromatic nitrogens is 2. The van der Waals surface area contributed by atoms with Crippen LogP contribution in [-0.2, 0) is 0 Å². The van der Waals surface area contributed by atoms with Gasteiger partial charge >= 0.3 is 0 Å². The Morgan fingerprint density at radius 3 is 2.40 bits per heavy atom. The van der Waals surface area contributed by atoms with Gasteiger partial charge in [-0.25, -0.2) is 4.98 Å². The van der Waals surface area contributed by atoms with Crippen molar-refractivity contribution in [1.82, 2.24) is 19.8 Å². The van der Waals surface area contributed by atoms with E-state index in [0.29, 0.717) is 42.5 Å². The monoisotopic (exact) mass is 358 g/mol. The van der Waals surface area contributed by atoms with E-state index >= 15 is 0 Å². The molecule has 1 saturated heterocycles. The van der Waals surface area contributed by atoms with E-state index in [2.05, 4.69) is 9.97 Å². The Morgan fingerprint density at radius 2 is 1.76 bits per heavy atom. The highest BCUT2D eigenvalue weighted by Crippen LogP contribution is 2.18. The first-order valence-corrected chi connectivity index (χ1v) is 8.55. The van der Waals surface area contributed by atoms with E-state index in [-0.39, 0.29) is 11.8 Å². The van der Waals surface area contributed by atoms with Crippen LogP contribution in [0.5, 0.6) is 0 Å². The molecule has 3 rings (SSSR count). The first kappa shape index (κ1) is 17.4. The maximum Gasteiger partial charge on any atom is 0.274 e. The molecule has 1 aliphatic rings. The molecule has 1 fully saturated rings. The lowest BCUT2D eigenvalue weighted by Crippen LogP contribution is -2.37. The highest BCUT2D eigenvalue weighted by Gasteiger charge is 2.24. The van der Waals surface area contributed by atoms with Crippen molar-refractivity contribution in [2.45, 2.75) is 13.3 Å². The van der Waals surface area contributed by atoms with E-state index in [9.17, 15) is 9.59 Å². The van der Waals surface area contributed by atoms with Crippen LogP contribution in [0.25, 0.3) is 0 Å². The quantitative estimate of drug-likeness (QED) is 0.827. The van der Waals surface area contributed by atoms with Crippen molar-refractivity contribution < 1.29 is 9.59 Å². The summed E-state index contributed by atoms with van der Waals surface area (Å²) in [7, 11) is 0. The van der Waals surface area contributed by atoms with Crippen LogP contribution < -0.4 is 0 Å². The Morgan fingerprint density at radius 1 is 1.04 bits per heavy atom. The van der Waals surface area contributed by atoms with Crippen molar-refractivity contribution in [2.75, 3.05) is 26.2 Å². The average Bonchev–Trinajstić information content (AvgIpc) is 2.89. The van der Waals surface area contributed by atoms with Crippen LogP contribution in [0, 0.1) is 6.92 Å². The SMILES string of the molecule is Cc1cc(C(=O)N2CCCN(C(=O)c3cnccn3)CC2)ccc1Cl. The lowest BCUT2D eigenvalue weighted by Gasteiger charge is -2.22. The highest BCUT2D eigenvalue weighted by molar-refractivity contribution is 6.31. The van der Waals surface area contributed by atoms with E-state index in [0.717, 1.165) is 12.0 Å². The summed E-state index contributed by atoms with van der Waals surface area (Å²) < 4.78 is 0. The zero-order valence-electron chi connectivity index (χ0n) is 14.0. The fourth-order valence-electron chi connectivity index (χ4n) is 2.86. The lowest BCUT2D eigenvalue weighted by atomic mass is 10.1. The second-order valence-corrected chi connectivity index (χ2v) is 6.40. The summed E-state index contributed by atoms with van der Waals surface area (Å²) in [5.41, 5.74) is 1.83. The minimum atomic E-state index is -0.148. The summed E-state index contributed by atoms with van der Waals surface area (Å²) in [5.74, 6) is -0.182. The summed E-state index contributed by atoms with van der Waals surface area (Å²) >= 11 is 6.03. The van der Waals surface area contributed by atoms with Gasteiger partial charge in [0.25, 0.3) is 11.8 Å². The number of aryl methyl sites for hydroxylation is 1. The molecule has 0 unspecified atom stereocenters. The number of halogens is 1. The molecule has 2 aromatic rings. The molecule has 0 atom stereocenters. The summed E-state index contributed by atoms with van der Waals surface area (Å²) in [6.45, 7) is 4.06. The standard InChI is InChI=1S/C18H19ClN4O2/c1-13-11-14(3-4-15(13)19)17(24)22-7-2-8-23(10-9-22)18(25)16-12-20-5-6-21-16/h3-6,11-12H,2,7-10H2,1H3. The van der Waals surface area contributed by atoms with Gasteiger partial charge in [-0.1, -0.05) is 11.6 Å². The Labute approximate surface area is 151 Å². The van der Waals surface area contributed by atoms with Gasteiger partial charge in [0.05, 0.1) is 6.20 Å². The molecule has 130 valence electrons. The number of nitrogens with zero attached hydrogens (tertiary/aromatic N) is 4. The van der Waals surface area contributed by atoms with Crippen LogP contribution in [0.2, 0.25) is 5.02 Å². The molecule has 1 aliphatic heterocycles. The Balaban J connectivity index is 1.68. The van der Waals surface area contributed by atoms with E-state index < -0.39 is 0 Å². The van der Waals surface area contributed by atoms with Gasteiger partial charge in [0.2, 0.25) is 0 Å². The third-order valence-corrected chi connectivity index (χ3v) is 4.68. The van der Waals surface area contributed by atoms with Crippen LogP contribution in [0.1, 0.15) is 32.8 Å². The summed E-state index contributed by atoms with van der Waals surface area (Å²) in [6.07, 6.45) is 5.23. The van der Waals surface area contributed by atoms with Crippen molar-refractivity contribution in [3.05, 3.63) is 58.6 Å². The molecule has 0 N–H and O–H groups in total. The van der Waals surface area contributed by atoms with Crippen molar-refractivity contribution in [3.8, 4) is 0 Å². The Bertz CT molecular complexity index is 782. The first-order chi connectivity index (χ1) is 12.1. The molecule has 0 aliphatic carbocycles. The normalized spacial score (nSPS) is 15.0. The number of amides is 2. The molecular weight excluding hydrogens is 340 g/mol. The molecular formula is C18H19ClN4O2. The summed E-state index contributed by atoms with van der Waals surface area (Å²) in [4.78, 5) is 36.7. The van der Waals surface area contributed by atoms with E-state index in [1.807, 2.05) is 6.92 Å². The van der Waals surface area contributed by atoms with Gasteiger partial charge < -0.3 is 9.80 Å². The largest absolute Gasteiger partial charge is 0.337 e. The van der Waals surface area contributed by atoms with E-state index in [1.165, 1.54) is 18.6 Å². The number of carbonyl (C=O) groups is 2. The molecule has 6 nitrogen and oxygen atoms in total. The van der Waals surface area contributed by atoms with Crippen molar-refractivity contribution in [1.29, 1.82) is 0 Å². The van der Waals surface area contributed by atoms with Gasteiger partial charge in [-0.05, 0) is 37.1 Å². The number of hydrogen-bond donors (Lipinski definition) is 0. The number of hydrogen-bond acceptors (Lipinski definition) is 4. The zero-order chi connectivity index (χ0) is 17.8. The second-order valence-electron chi connectivity index (χ2n) is 5.99. The molecule has 25 heavy (non-hydrogen) atoms. The zero-order valence-corrected chi connectivity index (χ0v) is 14.7. The minimum absolute atomic E-state index is 0.0337. The number of rotatable bonds is 2. The smallest absolute Gasteiger partial charge is 0.274 e. The maximum absolute atomic E-state index is 12.7. The fraction of sp³-hybridized carbons (Fsp3) is 0.333. The van der Waals surface area contributed by atoms with Gasteiger partial charge in [-0.3, -0.25) is 14.6 Å². The topological polar surface area (TPSA) is 66.4 Å². The van der Waals surface area contributed by atoms with Crippen molar-refractivity contribution >= 4 is 23.4 Å². The second kappa shape index (κ2) is 7.61. The minimum Gasteiger partial charge on any atom is -0.337 e. The molecule has 0 saturated carbocycles. The lowest BCUT2D eigenvalue weighted by molar-refractivity contribution is 0.0715. The van der Waals surface area contributed by atoms with Crippen LogP contribution in [0.4, 0.5) is 0 Å². The van der Waals surface area contributed by atoms with Crippen LogP contribution >= 0.6 is 11.6 Å². The summed E-state index contributed by atoms with van der Waals surface area (Å²) in [5, 5.41) is 0.646. The fourth-order valence-corrected chi connectivity index (χ4v) is 2.97. The molecule has 0 bridgehead atoms. The van der Waals surface area contributed by atoms with Crippen LogP contribution in [0.15, 0.2) is 36.8 Å². The highest BCUT2D eigenvalue weighted by atomic mass is 35.5. The Hall–Kier alpha value is -2.47. The van der Waals surface area contributed by atoms with E-state index in [4.69, 9.17) is 11.6 Å². The third-order valence-electron chi connectivity index (χ3n) is 4.26. The first-order valence-electron chi connectivity index (χ1n) is 8.17. The van der Waals surface area contributed by atoms with E-state index in [1.54, 1.807) is 28.0 Å². The molecule has 0 spiro atoms. The molecule has 1 aromatic heterocycles. The van der Waals surface area contributed by atoms with Gasteiger partial charge in [-0.15, -0.1) is 0 Å². The molecule has 2 heterocycles. The van der Waals surface area contributed by atoms with Crippen molar-refractivity contribution in [2.24, 2.45) is 0 Å². The van der Waals surface area contributed by atoms with Gasteiger partial charge in [0, 0.05) is 49.2 Å². The predicted molar refractivity (Wildman–Crippen MR) is 94.6 cm³/mol. The van der Waals surface area contributed by atoms with Crippen LogP contribution in [-0.4, -0.2) is 57.8 Å². The van der Waals surface area contributed by atoms with Crippen LogP contribution in [0.3, 0.4) is 0 Å². The number of benzene rings is 1. The molecule has 0 radical (unpaired) electrons. The third kappa shape index (κ3) is 3.96. The number of carbonyl (C=O) groups excluding carboxylic acids is 2. The maximum atomic E-state index is 12.7. The molecule has 1 aromatic carbocycles. The predicted octanol–water partition coefficient (Wildman–Crippen LogP) is 2.43. The molecule has 2 amide bonds. The molecule has 7 heteroatoms. The Kier molecular flexibility index (Phi) is 5.28. The van der Waals surface area contributed by atoms with Gasteiger partial charge in [0.1, 0.15) is 5.69 Å². The van der Waals surface area contributed by atoms with Gasteiger partial charge in [0.15, 0.2) is 0 Å². The average molecular weight is 359 g/mol. The summed E-state index contributed by atoms with van der Waals surface area (Å²) in [6, 6.07) is 5.29. The van der Waals surface area contributed by atoms with Gasteiger partial charge in [-0.2, -0.15) is 0 Å². The van der Waals surface area contributed by atoms with Crippen molar-refractivity contribution in [3.63, 3.8) is 0 Å².